The third kappa shape index (κ3) is 3.57. The highest BCUT2D eigenvalue weighted by atomic mass is 16.5. The molecule has 1 aliphatic heterocycles. The van der Waals surface area contributed by atoms with Crippen LogP contribution in [0.2, 0.25) is 0 Å². The molecule has 1 heterocycles. The van der Waals surface area contributed by atoms with E-state index in [1.54, 1.807) is 12.1 Å². The maximum absolute atomic E-state index is 12.2. The van der Waals surface area contributed by atoms with Crippen LogP contribution in [-0.4, -0.2) is 42.5 Å². The molecule has 1 aromatic carbocycles. The first kappa shape index (κ1) is 14.5. The van der Waals surface area contributed by atoms with E-state index in [9.17, 15) is 9.59 Å². The number of benzene rings is 1. The summed E-state index contributed by atoms with van der Waals surface area (Å²) < 4.78 is 5.42. The van der Waals surface area contributed by atoms with Gasteiger partial charge in [-0.2, -0.15) is 0 Å². The summed E-state index contributed by atoms with van der Waals surface area (Å²) in [7, 11) is 0. The van der Waals surface area contributed by atoms with Crippen LogP contribution in [-0.2, 0) is 16.0 Å². The molecule has 0 aliphatic carbocycles. The van der Waals surface area contributed by atoms with Gasteiger partial charge in [-0.3, -0.25) is 9.59 Å². The van der Waals surface area contributed by atoms with Gasteiger partial charge in [0.2, 0.25) is 11.8 Å². The molecule has 0 aromatic heterocycles. The van der Waals surface area contributed by atoms with Crippen molar-refractivity contribution in [1.82, 2.24) is 4.90 Å². The van der Waals surface area contributed by atoms with Crippen LogP contribution in [0.1, 0.15) is 29.3 Å². The molecular weight excluding hydrogens is 256 g/mol. The highest BCUT2D eigenvalue weighted by molar-refractivity contribution is 5.94. The maximum atomic E-state index is 12.2. The summed E-state index contributed by atoms with van der Waals surface area (Å²) in [6, 6.07) is 7.16. The molecule has 2 rings (SSSR count). The van der Waals surface area contributed by atoms with E-state index in [0.29, 0.717) is 38.1 Å². The lowest BCUT2D eigenvalue weighted by atomic mass is 10.0. The molecule has 2 N–H and O–H groups in total. The molecule has 5 nitrogen and oxygen atoms in total. The Bertz CT molecular complexity index is 502. The van der Waals surface area contributed by atoms with E-state index in [-0.39, 0.29) is 12.0 Å². The summed E-state index contributed by atoms with van der Waals surface area (Å²) in [5, 5.41) is 0. The first-order valence-electron chi connectivity index (χ1n) is 6.85. The molecule has 0 spiro atoms. The first-order chi connectivity index (χ1) is 9.58. The average Bonchev–Trinajstić information content (AvgIpc) is 2.45. The van der Waals surface area contributed by atoms with Gasteiger partial charge in [-0.25, -0.2) is 0 Å². The highest BCUT2D eigenvalue weighted by Crippen LogP contribution is 2.13. The largest absolute Gasteiger partial charge is 0.375 e. The summed E-state index contributed by atoms with van der Waals surface area (Å²) in [6.07, 6.45) is 1.01. The van der Waals surface area contributed by atoms with Crippen LogP contribution < -0.4 is 5.73 Å². The molecular formula is C15H20N2O3. The van der Waals surface area contributed by atoms with Gasteiger partial charge in [0.15, 0.2) is 0 Å². The van der Waals surface area contributed by atoms with Crippen molar-refractivity contribution in [3.8, 4) is 0 Å². The van der Waals surface area contributed by atoms with Crippen molar-refractivity contribution < 1.29 is 14.3 Å². The summed E-state index contributed by atoms with van der Waals surface area (Å²) >= 11 is 0. The second-order valence-corrected chi connectivity index (χ2v) is 5.04. The van der Waals surface area contributed by atoms with Gasteiger partial charge in [0.1, 0.15) is 0 Å². The number of ether oxygens (including phenoxy) is 1. The quantitative estimate of drug-likeness (QED) is 0.890. The van der Waals surface area contributed by atoms with Crippen LogP contribution in [0.5, 0.6) is 0 Å². The maximum Gasteiger partial charge on any atom is 0.248 e. The topological polar surface area (TPSA) is 72.6 Å². The number of rotatable bonds is 4. The number of aryl methyl sites for hydroxylation is 1. The monoisotopic (exact) mass is 276 g/mol. The Morgan fingerprint density at radius 1 is 1.40 bits per heavy atom. The van der Waals surface area contributed by atoms with E-state index in [1.807, 2.05) is 24.0 Å². The molecule has 1 aliphatic rings. The molecule has 20 heavy (non-hydrogen) atoms. The minimum atomic E-state index is -0.451. The predicted molar refractivity (Wildman–Crippen MR) is 75.3 cm³/mol. The summed E-state index contributed by atoms with van der Waals surface area (Å²) in [5.41, 5.74) is 6.66. The lowest BCUT2D eigenvalue weighted by molar-refractivity contribution is -0.138. The Labute approximate surface area is 118 Å². The molecule has 0 unspecified atom stereocenters. The zero-order chi connectivity index (χ0) is 14.5. The van der Waals surface area contributed by atoms with Crippen molar-refractivity contribution in [2.24, 2.45) is 5.73 Å². The van der Waals surface area contributed by atoms with E-state index in [4.69, 9.17) is 10.5 Å². The lowest BCUT2D eigenvalue weighted by Crippen LogP contribution is -2.44. The fourth-order valence-corrected chi connectivity index (χ4v) is 2.42. The van der Waals surface area contributed by atoms with Gasteiger partial charge in [0, 0.05) is 25.1 Å². The van der Waals surface area contributed by atoms with Crippen LogP contribution >= 0.6 is 0 Å². The van der Waals surface area contributed by atoms with Crippen molar-refractivity contribution in [1.29, 1.82) is 0 Å². The number of nitrogens with zero attached hydrogens (tertiary/aromatic N) is 1. The number of morpholine rings is 1. The zero-order valence-corrected chi connectivity index (χ0v) is 11.7. The number of carbonyl (C=O) groups excluding carboxylic acids is 2. The molecule has 0 saturated carbocycles. The number of primary amides is 1. The Morgan fingerprint density at radius 3 is 2.85 bits per heavy atom. The highest BCUT2D eigenvalue weighted by Gasteiger charge is 2.21. The van der Waals surface area contributed by atoms with Gasteiger partial charge in [-0.05, 0) is 25.0 Å². The van der Waals surface area contributed by atoms with E-state index in [1.165, 1.54) is 0 Å². The van der Waals surface area contributed by atoms with Gasteiger partial charge in [-0.1, -0.05) is 18.2 Å². The number of nitrogens with two attached hydrogens (primary N) is 1. The average molecular weight is 276 g/mol. The number of amides is 2. The Kier molecular flexibility index (Phi) is 4.74. The van der Waals surface area contributed by atoms with E-state index < -0.39 is 5.91 Å². The molecule has 5 heteroatoms. The van der Waals surface area contributed by atoms with Crippen LogP contribution in [0.25, 0.3) is 0 Å². The minimum absolute atomic E-state index is 0.0885. The predicted octanol–water partition coefficient (Wildman–Crippen LogP) is 0.965. The van der Waals surface area contributed by atoms with Crippen molar-refractivity contribution in [3.05, 3.63) is 35.4 Å². The normalized spacial score (nSPS) is 18.9. The zero-order valence-electron chi connectivity index (χ0n) is 11.7. The van der Waals surface area contributed by atoms with E-state index in [0.717, 1.165) is 5.56 Å². The van der Waals surface area contributed by atoms with Crippen molar-refractivity contribution in [3.63, 3.8) is 0 Å². The second kappa shape index (κ2) is 6.52. The SMILES string of the molecule is C[C@@H]1CN(C(=O)CCc2ccccc2C(N)=O)CCO1. The van der Waals surface area contributed by atoms with E-state index >= 15 is 0 Å². The van der Waals surface area contributed by atoms with Crippen LogP contribution in [0, 0.1) is 0 Å². The van der Waals surface area contributed by atoms with Crippen LogP contribution in [0.3, 0.4) is 0 Å². The third-order valence-electron chi connectivity index (χ3n) is 3.48. The number of hydrogen-bond donors (Lipinski definition) is 1. The molecule has 0 radical (unpaired) electrons. The smallest absolute Gasteiger partial charge is 0.248 e. The Morgan fingerprint density at radius 2 is 2.15 bits per heavy atom. The molecule has 0 bridgehead atoms. The van der Waals surface area contributed by atoms with Gasteiger partial charge in [-0.15, -0.1) is 0 Å². The van der Waals surface area contributed by atoms with Crippen molar-refractivity contribution >= 4 is 11.8 Å². The fourth-order valence-electron chi connectivity index (χ4n) is 2.42. The first-order valence-corrected chi connectivity index (χ1v) is 6.85. The summed E-state index contributed by atoms with van der Waals surface area (Å²) in [5.74, 6) is -0.354. The van der Waals surface area contributed by atoms with Crippen molar-refractivity contribution in [2.45, 2.75) is 25.9 Å². The Balaban J connectivity index is 1.95. The van der Waals surface area contributed by atoms with E-state index in [2.05, 4.69) is 0 Å². The second-order valence-electron chi connectivity index (χ2n) is 5.04. The van der Waals surface area contributed by atoms with Gasteiger partial charge < -0.3 is 15.4 Å². The van der Waals surface area contributed by atoms with Crippen LogP contribution in [0.15, 0.2) is 24.3 Å². The third-order valence-corrected chi connectivity index (χ3v) is 3.48. The molecule has 1 saturated heterocycles. The standard InChI is InChI=1S/C15H20N2O3/c1-11-10-17(8-9-20-11)14(18)7-6-12-4-2-3-5-13(12)15(16)19/h2-5,11H,6-10H2,1H3,(H2,16,19)/t11-/m1/s1. The summed E-state index contributed by atoms with van der Waals surface area (Å²) in [6.45, 7) is 3.82. The summed E-state index contributed by atoms with van der Waals surface area (Å²) in [4.78, 5) is 25.3. The van der Waals surface area contributed by atoms with Gasteiger partial charge >= 0.3 is 0 Å². The number of hydrogen-bond acceptors (Lipinski definition) is 3. The molecule has 2 amide bonds. The molecule has 1 atom stereocenters. The lowest BCUT2D eigenvalue weighted by Gasteiger charge is -2.31. The Hall–Kier alpha value is -1.88. The fraction of sp³-hybridized carbons (Fsp3) is 0.467. The molecule has 108 valence electrons. The minimum Gasteiger partial charge on any atom is -0.375 e. The number of carbonyl (C=O) groups is 2. The molecule has 1 aromatic rings. The molecule has 1 fully saturated rings. The van der Waals surface area contributed by atoms with Crippen molar-refractivity contribution in [2.75, 3.05) is 19.7 Å². The van der Waals surface area contributed by atoms with Gasteiger partial charge in [0.25, 0.3) is 0 Å². The van der Waals surface area contributed by atoms with Gasteiger partial charge in [0.05, 0.1) is 12.7 Å². The van der Waals surface area contributed by atoms with Crippen LogP contribution in [0.4, 0.5) is 0 Å².